The lowest BCUT2D eigenvalue weighted by Crippen LogP contribution is -2.32. The number of likely N-dealkylation sites (tertiary alicyclic amines) is 1. The van der Waals surface area contributed by atoms with Crippen LogP contribution < -0.4 is 19.5 Å². The van der Waals surface area contributed by atoms with Crippen molar-refractivity contribution < 1.29 is 19.0 Å². The summed E-state index contributed by atoms with van der Waals surface area (Å²) in [5.74, 6) is 3.17. The van der Waals surface area contributed by atoms with Gasteiger partial charge in [0.05, 0.1) is 19.8 Å². The van der Waals surface area contributed by atoms with E-state index in [-0.39, 0.29) is 18.3 Å². The molecule has 0 bridgehead atoms. The van der Waals surface area contributed by atoms with Gasteiger partial charge >= 0.3 is 0 Å². The van der Waals surface area contributed by atoms with Crippen molar-refractivity contribution in [2.45, 2.75) is 33.6 Å². The first-order valence-corrected chi connectivity index (χ1v) is 10.2. The van der Waals surface area contributed by atoms with E-state index in [0.717, 1.165) is 39.0 Å². The van der Waals surface area contributed by atoms with Crippen molar-refractivity contribution in [3.63, 3.8) is 0 Å². The molecule has 2 atom stereocenters. The average Bonchev–Trinajstić information content (AvgIpc) is 3.02. The second-order valence-corrected chi connectivity index (χ2v) is 7.15. The number of nitrogens with one attached hydrogen (secondary N) is 1. The van der Waals surface area contributed by atoms with Crippen molar-refractivity contribution in [2.24, 2.45) is 11.8 Å². The molecule has 0 unspecified atom stereocenters. The van der Waals surface area contributed by atoms with Crippen molar-refractivity contribution >= 4 is 18.3 Å². The van der Waals surface area contributed by atoms with Gasteiger partial charge in [0.25, 0.3) is 5.91 Å². The second-order valence-electron chi connectivity index (χ2n) is 7.15. The summed E-state index contributed by atoms with van der Waals surface area (Å²) in [5.41, 5.74) is 0.607. The number of carbonyl (C=O) groups excluding carboxylic acids is 1. The molecule has 3 rings (SSSR count). The third-order valence-electron chi connectivity index (χ3n) is 5.46. The molecule has 0 radical (unpaired) electrons. The number of hydrogen-bond acceptors (Lipinski definition) is 5. The minimum absolute atomic E-state index is 0. The van der Waals surface area contributed by atoms with E-state index in [1.54, 1.807) is 12.1 Å². The van der Waals surface area contributed by atoms with Gasteiger partial charge in [0, 0.05) is 18.7 Å². The maximum absolute atomic E-state index is 13.2. The van der Waals surface area contributed by atoms with Gasteiger partial charge in [-0.3, -0.25) is 4.79 Å². The molecule has 0 aliphatic carbocycles. The van der Waals surface area contributed by atoms with E-state index >= 15 is 0 Å². The maximum atomic E-state index is 13.2. The molecule has 0 saturated carbocycles. The molecule has 28 heavy (non-hydrogen) atoms. The fourth-order valence-corrected chi connectivity index (χ4v) is 4.12. The van der Waals surface area contributed by atoms with E-state index < -0.39 is 0 Å². The van der Waals surface area contributed by atoms with Gasteiger partial charge in [0.2, 0.25) is 5.75 Å². The smallest absolute Gasteiger partial charge is 0.254 e. The van der Waals surface area contributed by atoms with Crippen LogP contribution in [-0.2, 0) is 0 Å². The lowest BCUT2D eigenvalue weighted by atomic mass is 9.92. The van der Waals surface area contributed by atoms with Crippen LogP contribution in [-0.4, -0.2) is 56.8 Å². The predicted molar refractivity (Wildman–Crippen MR) is 112 cm³/mol. The van der Waals surface area contributed by atoms with Gasteiger partial charge < -0.3 is 24.4 Å². The van der Waals surface area contributed by atoms with Gasteiger partial charge in [-0.1, -0.05) is 0 Å². The van der Waals surface area contributed by atoms with E-state index in [0.29, 0.717) is 54.5 Å². The van der Waals surface area contributed by atoms with Gasteiger partial charge in [-0.05, 0) is 70.7 Å². The Morgan fingerprint density at radius 2 is 1.46 bits per heavy atom. The monoisotopic (exact) mass is 412 g/mol. The zero-order chi connectivity index (χ0) is 19.2. The molecule has 2 aliphatic heterocycles. The fourth-order valence-electron chi connectivity index (χ4n) is 4.12. The van der Waals surface area contributed by atoms with Crippen LogP contribution >= 0.6 is 12.4 Å². The third-order valence-corrected chi connectivity index (χ3v) is 5.46. The fraction of sp³-hybridized carbons (Fsp3) is 0.667. The normalized spacial score (nSPS) is 21.3. The summed E-state index contributed by atoms with van der Waals surface area (Å²) in [5, 5.41) is 3.48. The molecule has 1 amide bonds. The Balaban J connectivity index is 0.00000280. The molecule has 2 fully saturated rings. The second kappa shape index (κ2) is 10.8. The highest BCUT2D eigenvalue weighted by Crippen LogP contribution is 2.39. The van der Waals surface area contributed by atoms with Crippen LogP contribution in [0.3, 0.4) is 0 Å². The summed E-state index contributed by atoms with van der Waals surface area (Å²) in [6.07, 6.45) is 2.13. The summed E-state index contributed by atoms with van der Waals surface area (Å²) < 4.78 is 17.3. The van der Waals surface area contributed by atoms with Crippen molar-refractivity contribution in [1.82, 2.24) is 10.2 Å². The zero-order valence-electron chi connectivity index (χ0n) is 17.2. The summed E-state index contributed by atoms with van der Waals surface area (Å²) in [6, 6.07) is 3.60. The van der Waals surface area contributed by atoms with E-state index in [2.05, 4.69) is 5.32 Å². The lowest BCUT2D eigenvalue weighted by molar-refractivity contribution is 0.0757. The maximum Gasteiger partial charge on any atom is 0.254 e. The predicted octanol–water partition coefficient (Wildman–Crippen LogP) is 3.38. The van der Waals surface area contributed by atoms with Crippen molar-refractivity contribution in [3.05, 3.63) is 17.7 Å². The number of halogens is 1. The largest absolute Gasteiger partial charge is 0.490 e. The number of benzene rings is 1. The number of carbonyl (C=O) groups is 1. The molecule has 0 aromatic heterocycles. The van der Waals surface area contributed by atoms with E-state index in [1.807, 2.05) is 25.7 Å². The number of amides is 1. The Labute approximate surface area is 174 Å². The summed E-state index contributed by atoms with van der Waals surface area (Å²) >= 11 is 0. The van der Waals surface area contributed by atoms with Crippen LogP contribution in [0.4, 0.5) is 0 Å². The molecule has 0 spiro atoms. The van der Waals surface area contributed by atoms with Gasteiger partial charge in [-0.2, -0.15) is 0 Å². The van der Waals surface area contributed by atoms with Crippen LogP contribution in [0, 0.1) is 11.8 Å². The first-order valence-electron chi connectivity index (χ1n) is 10.2. The Hall–Kier alpha value is -1.66. The molecule has 1 aromatic carbocycles. The SMILES string of the molecule is CCOc1cc(C(=O)N2CC[C@@H]3CNC[C@@H]3CC2)cc(OCC)c1OCC.Cl. The molecule has 2 heterocycles. The van der Waals surface area contributed by atoms with Crippen LogP contribution in [0.25, 0.3) is 0 Å². The van der Waals surface area contributed by atoms with Crippen molar-refractivity contribution in [3.8, 4) is 17.2 Å². The molecular weight excluding hydrogens is 380 g/mol. The van der Waals surface area contributed by atoms with E-state index in [1.165, 1.54) is 0 Å². The molecule has 1 N–H and O–H groups in total. The third kappa shape index (κ3) is 5.03. The number of hydrogen-bond donors (Lipinski definition) is 1. The van der Waals surface area contributed by atoms with Gasteiger partial charge in [0.1, 0.15) is 0 Å². The standard InChI is InChI=1S/C21H32N2O4.ClH/c1-4-25-18-11-17(12-19(26-5-2)20(18)27-6-3)21(24)23-9-7-15-13-22-14-16(15)8-10-23;/h11-12,15-16,22H,4-10,13-14H2,1-3H3;1H/t15-,16+;. The summed E-state index contributed by atoms with van der Waals surface area (Å²) in [7, 11) is 0. The average molecular weight is 413 g/mol. The molecular formula is C21H33ClN2O4. The van der Waals surface area contributed by atoms with Crippen LogP contribution in [0.15, 0.2) is 12.1 Å². The number of rotatable bonds is 7. The minimum atomic E-state index is 0. The highest BCUT2D eigenvalue weighted by molar-refractivity contribution is 5.95. The summed E-state index contributed by atoms with van der Waals surface area (Å²) in [4.78, 5) is 15.2. The number of ether oxygens (including phenoxy) is 3. The molecule has 7 heteroatoms. The number of fused-ring (bicyclic) bond motifs is 1. The first kappa shape index (κ1) is 22.6. The quantitative estimate of drug-likeness (QED) is 0.743. The Bertz CT molecular complexity index is 614. The van der Waals surface area contributed by atoms with Crippen LogP contribution in [0.5, 0.6) is 17.2 Å². The van der Waals surface area contributed by atoms with Crippen molar-refractivity contribution in [2.75, 3.05) is 46.0 Å². The highest BCUT2D eigenvalue weighted by Gasteiger charge is 2.32. The molecule has 1 aromatic rings. The Kier molecular flexibility index (Phi) is 8.70. The molecule has 2 saturated heterocycles. The first-order chi connectivity index (χ1) is 13.2. The topological polar surface area (TPSA) is 60.0 Å². The van der Waals surface area contributed by atoms with Gasteiger partial charge in [-0.25, -0.2) is 0 Å². The lowest BCUT2D eigenvalue weighted by Gasteiger charge is -2.23. The van der Waals surface area contributed by atoms with Crippen LogP contribution in [0.1, 0.15) is 44.0 Å². The highest BCUT2D eigenvalue weighted by atomic mass is 35.5. The molecule has 158 valence electrons. The van der Waals surface area contributed by atoms with E-state index in [9.17, 15) is 4.79 Å². The molecule has 2 aliphatic rings. The number of nitrogens with zero attached hydrogens (tertiary/aromatic N) is 1. The Morgan fingerprint density at radius 1 is 0.964 bits per heavy atom. The van der Waals surface area contributed by atoms with Crippen molar-refractivity contribution in [1.29, 1.82) is 0 Å². The minimum Gasteiger partial charge on any atom is -0.490 e. The zero-order valence-corrected chi connectivity index (χ0v) is 18.0. The van der Waals surface area contributed by atoms with Gasteiger partial charge in [-0.15, -0.1) is 12.4 Å². The van der Waals surface area contributed by atoms with Crippen LogP contribution in [0.2, 0.25) is 0 Å². The van der Waals surface area contributed by atoms with E-state index in [4.69, 9.17) is 14.2 Å². The summed E-state index contributed by atoms with van der Waals surface area (Å²) in [6.45, 7) is 11.1. The Morgan fingerprint density at radius 3 is 1.93 bits per heavy atom. The van der Waals surface area contributed by atoms with Gasteiger partial charge in [0.15, 0.2) is 11.5 Å². The molecule has 6 nitrogen and oxygen atoms in total.